The molecule has 532 valence electrons. The van der Waals surface area contributed by atoms with E-state index in [1.54, 1.807) is 20.9 Å². The molecule has 0 aliphatic carbocycles. The van der Waals surface area contributed by atoms with Crippen molar-refractivity contribution >= 4 is 88.4 Å². The summed E-state index contributed by atoms with van der Waals surface area (Å²) in [6, 6.07) is 16.9. The van der Waals surface area contributed by atoms with Gasteiger partial charge in [0.25, 0.3) is 16.7 Å². The molecule has 32 heteroatoms. The van der Waals surface area contributed by atoms with Crippen LogP contribution in [0.5, 0.6) is 0 Å². The molecule has 0 spiro atoms. The summed E-state index contributed by atoms with van der Waals surface area (Å²) < 4.78 is 0. The number of aromatic nitrogens is 7. The van der Waals surface area contributed by atoms with Gasteiger partial charge in [0.15, 0.2) is 33.5 Å². The zero-order valence-corrected chi connectivity index (χ0v) is 54.9. The molecule has 3 aromatic carbocycles. The smallest absolute Gasteiger partial charge is 0.279 e. The van der Waals surface area contributed by atoms with Gasteiger partial charge < -0.3 is 111 Å². The SMILES string of the molecule is C.C=c1nc2c(c(=O)[nH]1)=Nc1cc(C)c(N3CCCC3)cc1N2C[C@H](O)[C@H](O)[C@H](O)CO.C=c1nc2c(c(=O)[nH]1)=Nc1cc(C)c(NCCN(C)C)cc1N2C[C@H](O)[C@H](O)[C@H](O)CO.C=c1nc2c(c(=O)[nH]1)=Nc1cc(C)c(NCCc3ccccn3)cc1N2C[C@H](O)[C@H](O)[C@H](O)CO. The second kappa shape index (κ2) is 33.1. The van der Waals surface area contributed by atoms with Gasteiger partial charge in [0.2, 0.25) is 0 Å². The van der Waals surface area contributed by atoms with E-state index in [2.05, 4.69) is 90.0 Å². The van der Waals surface area contributed by atoms with Crippen LogP contribution in [0.4, 0.5) is 68.6 Å². The first-order valence-corrected chi connectivity index (χ1v) is 31.7. The van der Waals surface area contributed by atoms with Crippen LogP contribution in [-0.4, -0.2) is 242 Å². The summed E-state index contributed by atoms with van der Waals surface area (Å²) in [6.07, 6.45) is -9.02. The van der Waals surface area contributed by atoms with E-state index in [-0.39, 0.29) is 77.0 Å². The molecule has 4 aliphatic heterocycles. The Labute approximate surface area is 568 Å². The summed E-state index contributed by atoms with van der Waals surface area (Å²) in [5, 5.41) is 126. The third kappa shape index (κ3) is 17.4. The maximum Gasteiger partial charge on any atom is 0.279 e. The molecule has 99 heavy (non-hydrogen) atoms. The molecule has 9 atom stereocenters. The highest BCUT2D eigenvalue weighted by Gasteiger charge is 2.35. The number of β-amino-alcohol motifs (C(OH)–C–C–N with tert-alkyl or cyclic N) is 3. The minimum Gasteiger partial charge on any atom is -0.394 e. The minimum atomic E-state index is -1.62. The molecule has 7 aromatic rings. The molecule has 32 nitrogen and oxygen atoms in total. The van der Waals surface area contributed by atoms with Crippen molar-refractivity contribution in [1.29, 1.82) is 0 Å². The Morgan fingerprint density at radius 2 is 0.889 bits per heavy atom. The highest BCUT2D eigenvalue weighted by molar-refractivity contribution is 5.83. The van der Waals surface area contributed by atoms with Gasteiger partial charge in [-0.15, -0.1) is 0 Å². The lowest BCUT2D eigenvalue weighted by atomic mass is 10.1. The summed E-state index contributed by atoms with van der Waals surface area (Å²) >= 11 is 0. The third-order valence-corrected chi connectivity index (χ3v) is 16.8. The highest BCUT2D eigenvalue weighted by Crippen LogP contribution is 2.43. The van der Waals surface area contributed by atoms with Crippen LogP contribution in [-0.2, 0) is 6.42 Å². The van der Waals surface area contributed by atoms with Crippen molar-refractivity contribution in [3.63, 3.8) is 0 Å². The molecule has 0 amide bonds. The maximum absolute atomic E-state index is 12.6. The van der Waals surface area contributed by atoms with Crippen LogP contribution in [0, 0.1) is 20.8 Å². The largest absolute Gasteiger partial charge is 0.394 e. The first kappa shape index (κ1) is 75.5. The average Bonchev–Trinajstić information content (AvgIpc) is 1.20. The van der Waals surface area contributed by atoms with Crippen molar-refractivity contribution < 1.29 is 61.3 Å². The van der Waals surface area contributed by atoms with Gasteiger partial charge in [-0.25, -0.2) is 29.9 Å². The number of aryl methyl sites for hydroxylation is 3. The number of nitrogens with zero attached hydrogens (tertiary/aromatic N) is 12. The van der Waals surface area contributed by atoms with Crippen LogP contribution in [0.15, 0.2) is 90.2 Å². The minimum absolute atomic E-state index is 0. The van der Waals surface area contributed by atoms with Gasteiger partial charge in [0.1, 0.15) is 71.4 Å². The molecule has 0 saturated carbocycles. The molecule has 1 saturated heterocycles. The number of aliphatic hydroxyl groups is 12. The maximum atomic E-state index is 12.6. The van der Waals surface area contributed by atoms with Gasteiger partial charge in [-0.3, -0.25) is 19.4 Å². The number of H-pyrrole nitrogens is 3. The van der Waals surface area contributed by atoms with Crippen LogP contribution in [0.3, 0.4) is 0 Å². The Kier molecular flexibility index (Phi) is 25.2. The standard InChI is InChI=1S/C24H28N6O5.C21H30N6O5.C21H27N5O5.CH4/c1-13-9-17-18(10-16(13)26-8-6-15-5-3-4-7-25-15)30(11-19(32)22(34)20(33)12-31)23-21(29-17)24(35)28-14(2)27-23;1-11-7-14-15(8-13(11)22-5-6-26(3)4)27(9-16(29)19(31)17(30)10-28)20-18(25-14)21(32)24-12(2)23-20;1-11-7-13-15(8-14(11)25-5-3-4-6-25)26(9-16(28)19(30)17(29)10-27)20-18(24-13)21(31)23-12(2)22-20;/h3-5,7,9-10,19-20,22,26,31-34H,2,6,8,11-12H2,1H3,(H,28,35);7-8,16-17,19,22,28-31H,2,5-6,9-10H2,1,3-4H3,(H,24,32);7-8,16-17,19,27-30H,2-6,9-10H2,1H3,(H,23,31);1H4/t19-,20+,22-;2*16-,17+,19-;/m000./s1. The predicted molar refractivity (Wildman–Crippen MR) is 374 cm³/mol. The number of anilines is 9. The Bertz CT molecular complexity index is 4540. The fraction of sp³-hybridized carbons (Fsp3) is 0.433. The van der Waals surface area contributed by atoms with Gasteiger partial charge in [-0.2, -0.15) is 0 Å². The molecule has 0 radical (unpaired) electrons. The molecule has 17 N–H and O–H groups in total. The lowest BCUT2D eigenvalue weighted by molar-refractivity contribution is -0.0727. The number of aliphatic hydroxyl groups excluding tert-OH is 12. The van der Waals surface area contributed by atoms with E-state index in [4.69, 9.17) is 15.3 Å². The quantitative estimate of drug-likeness (QED) is 0.0275. The van der Waals surface area contributed by atoms with Crippen molar-refractivity contribution in [1.82, 2.24) is 39.8 Å². The molecule has 8 heterocycles. The fourth-order valence-corrected chi connectivity index (χ4v) is 11.5. The van der Waals surface area contributed by atoms with Crippen molar-refractivity contribution in [2.24, 2.45) is 15.0 Å². The molecule has 0 bridgehead atoms. The number of nitrogens with one attached hydrogen (secondary N) is 5. The second-order valence-corrected chi connectivity index (χ2v) is 24.5. The molecule has 0 unspecified atom stereocenters. The van der Waals surface area contributed by atoms with Crippen LogP contribution in [0.1, 0.15) is 42.7 Å². The van der Waals surface area contributed by atoms with E-state index < -0.39 is 91.4 Å². The zero-order valence-electron chi connectivity index (χ0n) is 54.9. The summed E-state index contributed by atoms with van der Waals surface area (Å²) in [7, 11) is 3.96. The number of likely N-dealkylation sites (N-methyl/N-ethyl adjacent to an activating group) is 1. The van der Waals surface area contributed by atoms with Crippen LogP contribution >= 0.6 is 0 Å². The molecule has 4 aromatic heterocycles. The average molecular weight is 1370 g/mol. The van der Waals surface area contributed by atoms with Gasteiger partial charge >= 0.3 is 0 Å². The van der Waals surface area contributed by atoms with Gasteiger partial charge in [-0.1, -0.05) is 33.2 Å². The number of pyridine rings is 1. The number of rotatable bonds is 24. The second-order valence-electron chi connectivity index (χ2n) is 24.5. The summed E-state index contributed by atoms with van der Waals surface area (Å²) in [4.78, 5) is 85.0. The molecule has 11 rings (SSSR count). The normalized spacial score (nSPS) is 16.0. The van der Waals surface area contributed by atoms with E-state index in [1.807, 2.05) is 89.5 Å². The Hall–Kier alpha value is -9.26. The first-order chi connectivity index (χ1) is 46.7. The van der Waals surface area contributed by atoms with E-state index in [0.717, 1.165) is 71.9 Å². The zero-order chi connectivity index (χ0) is 71.0. The summed E-state index contributed by atoms with van der Waals surface area (Å²) in [5.74, 6) is 0.556. The third-order valence-electron chi connectivity index (χ3n) is 16.8. The lowest BCUT2D eigenvalue weighted by Crippen LogP contribution is -2.48. The topological polar surface area (TPSA) is 470 Å². The van der Waals surface area contributed by atoms with Crippen LogP contribution in [0.25, 0.3) is 19.7 Å². The number of aromatic amines is 3. The van der Waals surface area contributed by atoms with E-state index in [0.29, 0.717) is 53.6 Å². The van der Waals surface area contributed by atoms with Crippen molar-refractivity contribution in [3.05, 3.63) is 147 Å². The monoisotopic (exact) mass is 1370 g/mol. The van der Waals surface area contributed by atoms with E-state index >= 15 is 0 Å². The highest BCUT2D eigenvalue weighted by atomic mass is 16.4. The number of benzene rings is 3. The van der Waals surface area contributed by atoms with E-state index in [1.165, 1.54) is 0 Å². The number of fused-ring (bicyclic) bond motifs is 6. The first-order valence-electron chi connectivity index (χ1n) is 31.7. The van der Waals surface area contributed by atoms with Gasteiger partial charge in [0, 0.05) is 68.1 Å². The molecule has 4 aliphatic rings. The fourth-order valence-electron chi connectivity index (χ4n) is 11.5. The number of hydrogen-bond donors (Lipinski definition) is 17. The van der Waals surface area contributed by atoms with E-state index in [9.17, 15) is 60.3 Å². The van der Waals surface area contributed by atoms with Gasteiger partial charge in [-0.05, 0) is 113 Å². The number of hydrogen-bond acceptors (Lipinski definition) is 29. The molecular formula is C67H89N17O15. The Morgan fingerprint density at radius 3 is 1.25 bits per heavy atom. The van der Waals surface area contributed by atoms with Crippen molar-refractivity contribution in [2.45, 2.75) is 102 Å². The molecule has 1 fully saturated rings. The van der Waals surface area contributed by atoms with Crippen LogP contribution in [0.2, 0.25) is 0 Å². The van der Waals surface area contributed by atoms with Crippen molar-refractivity contribution in [2.75, 3.05) is 117 Å². The van der Waals surface area contributed by atoms with Gasteiger partial charge in [0.05, 0.1) is 73.6 Å². The van der Waals surface area contributed by atoms with Crippen LogP contribution < -0.4 is 79.4 Å². The molecular weight excluding hydrogens is 1280 g/mol. The van der Waals surface area contributed by atoms with Crippen molar-refractivity contribution in [3.8, 4) is 0 Å². The summed E-state index contributed by atoms with van der Waals surface area (Å²) in [6.45, 7) is 18.2. The lowest BCUT2D eigenvalue weighted by Gasteiger charge is -2.33. The summed E-state index contributed by atoms with van der Waals surface area (Å²) in [5.41, 5.74) is 8.70. The Balaban J connectivity index is 0.000000189. The Morgan fingerprint density at radius 1 is 0.515 bits per heavy atom. The predicted octanol–water partition coefficient (Wildman–Crippen LogP) is -3.84.